The van der Waals surface area contributed by atoms with Crippen LogP contribution >= 0.6 is 0 Å². The SMILES string of the molecule is Cc1ccc(C)c(CCN(C)CCNC2CC2)c1. The minimum atomic E-state index is 0.831. The molecule has 0 saturated heterocycles. The summed E-state index contributed by atoms with van der Waals surface area (Å²) in [5.74, 6) is 0. The molecule has 1 fully saturated rings. The third-order valence-corrected chi connectivity index (χ3v) is 3.77. The van der Waals surface area contributed by atoms with Gasteiger partial charge in [0.05, 0.1) is 0 Å². The quantitative estimate of drug-likeness (QED) is 0.795. The van der Waals surface area contributed by atoms with Gasteiger partial charge < -0.3 is 10.2 Å². The molecule has 1 N–H and O–H groups in total. The smallest absolute Gasteiger partial charge is 0.0104 e. The zero-order valence-corrected chi connectivity index (χ0v) is 12.0. The molecule has 1 aromatic rings. The number of hydrogen-bond donors (Lipinski definition) is 1. The first-order chi connectivity index (χ1) is 8.65. The Kier molecular flexibility index (Phi) is 4.79. The fourth-order valence-corrected chi connectivity index (χ4v) is 2.24. The first-order valence-corrected chi connectivity index (χ1v) is 7.13. The van der Waals surface area contributed by atoms with E-state index in [1.807, 2.05) is 0 Å². The van der Waals surface area contributed by atoms with Gasteiger partial charge in [0, 0.05) is 25.7 Å². The van der Waals surface area contributed by atoms with Crippen LogP contribution in [0.2, 0.25) is 0 Å². The molecule has 0 amide bonds. The molecule has 2 nitrogen and oxygen atoms in total. The van der Waals surface area contributed by atoms with Gasteiger partial charge in [-0.2, -0.15) is 0 Å². The van der Waals surface area contributed by atoms with Crippen molar-refractivity contribution in [3.63, 3.8) is 0 Å². The number of likely N-dealkylation sites (N-methyl/N-ethyl adjacent to an activating group) is 1. The van der Waals surface area contributed by atoms with Crippen LogP contribution in [0, 0.1) is 13.8 Å². The van der Waals surface area contributed by atoms with Gasteiger partial charge in [0.2, 0.25) is 0 Å². The lowest BCUT2D eigenvalue weighted by Gasteiger charge is -2.17. The molecule has 1 aromatic carbocycles. The number of rotatable bonds is 7. The first kappa shape index (κ1) is 13.6. The minimum Gasteiger partial charge on any atom is -0.313 e. The van der Waals surface area contributed by atoms with Crippen molar-refractivity contribution in [2.45, 2.75) is 39.2 Å². The molecule has 1 saturated carbocycles. The Hall–Kier alpha value is -0.860. The molecule has 0 aliphatic heterocycles. The molecule has 2 heteroatoms. The molecule has 18 heavy (non-hydrogen) atoms. The maximum Gasteiger partial charge on any atom is 0.0104 e. The highest BCUT2D eigenvalue weighted by molar-refractivity contribution is 5.30. The van der Waals surface area contributed by atoms with Crippen LogP contribution < -0.4 is 5.32 Å². The third-order valence-electron chi connectivity index (χ3n) is 3.77. The van der Waals surface area contributed by atoms with Crippen LogP contribution in [0.25, 0.3) is 0 Å². The Morgan fingerprint density at radius 1 is 1.22 bits per heavy atom. The normalized spacial score (nSPS) is 15.3. The largest absolute Gasteiger partial charge is 0.313 e. The molecule has 0 atom stereocenters. The Morgan fingerprint density at radius 3 is 2.72 bits per heavy atom. The molecule has 0 aromatic heterocycles. The summed E-state index contributed by atoms with van der Waals surface area (Å²) in [7, 11) is 2.22. The van der Waals surface area contributed by atoms with E-state index < -0.39 is 0 Å². The van der Waals surface area contributed by atoms with E-state index in [2.05, 4.69) is 49.3 Å². The molecule has 0 bridgehead atoms. The topological polar surface area (TPSA) is 15.3 Å². The van der Waals surface area contributed by atoms with Crippen LogP contribution in [0.4, 0.5) is 0 Å². The van der Waals surface area contributed by atoms with Gasteiger partial charge in [0.15, 0.2) is 0 Å². The van der Waals surface area contributed by atoms with E-state index in [4.69, 9.17) is 0 Å². The second-order valence-electron chi connectivity index (χ2n) is 5.71. The highest BCUT2D eigenvalue weighted by Gasteiger charge is 2.19. The summed E-state index contributed by atoms with van der Waals surface area (Å²) in [5.41, 5.74) is 4.29. The van der Waals surface area contributed by atoms with E-state index >= 15 is 0 Å². The molecule has 1 aliphatic rings. The van der Waals surface area contributed by atoms with Crippen LogP contribution in [0.15, 0.2) is 18.2 Å². The van der Waals surface area contributed by atoms with Gasteiger partial charge in [-0.3, -0.25) is 0 Å². The van der Waals surface area contributed by atoms with Gasteiger partial charge in [-0.15, -0.1) is 0 Å². The van der Waals surface area contributed by atoms with Crippen LogP contribution in [0.5, 0.6) is 0 Å². The highest BCUT2D eigenvalue weighted by Crippen LogP contribution is 2.18. The lowest BCUT2D eigenvalue weighted by atomic mass is 10.0. The molecular weight excluding hydrogens is 220 g/mol. The molecule has 100 valence electrons. The monoisotopic (exact) mass is 246 g/mol. The van der Waals surface area contributed by atoms with E-state index in [1.54, 1.807) is 0 Å². The first-order valence-electron chi connectivity index (χ1n) is 7.13. The molecule has 0 unspecified atom stereocenters. The van der Waals surface area contributed by atoms with E-state index in [-0.39, 0.29) is 0 Å². The van der Waals surface area contributed by atoms with Gasteiger partial charge in [-0.05, 0) is 51.3 Å². The second kappa shape index (κ2) is 6.35. The summed E-state index contributed by atoms with van der Waals surface area (Å²) in [5, 5.41) is 3.56. The van der Waals surface area contributed by atoms with Gasteiger partial charge in [-0.1, -0.05) is 23.8 Å². The standard InChI is InChI=1S/C16H26N2/c1-13-4-5-14(2)15(12-13)8-10-18(3)11-9-17-16-6-7-16/h4-5,12,16-17H,6-11H2,1-3H3. The maximum absolute atomic E-state index is 3.56. The Balaban J connectivity index is 1.70. The summed E-state index contributed by atoms with van der Waals surface area (Å²) >= 11 is 0. The predicted octanol–water partition coefficient (Wildman–Crippen LogP) is 2.53. The van der Waals surface area contributed by atoms with Crippen LogP contribution in [-0.4, -0.2) is 37.6 Å². The van der Waals surface area contributed by atoms with Crippen LogP contribution in [0.3, 0.4) is 0 Å². The van der Waals surface area contributed by atoms with Crippen molar-refractivity contribution in [3.05, 3.63) is 34.9 Å². The van der Waals surface area contributed by atoms with Gasteiger partial charge in [0.25, 0.3) is 0 Å². The van der Waals surface area contributed by atoms with Crippen LogP contribution in [0.1, 0.15) is 29.5 Å². The summed E-state index contributed by atoms with van der Waals surface area (Å²) in [6.45, 7) is 7.82. The van der Waals surface area contributed by atoms with Gasteiger partial charge in [0.1, 0.15) is 0 Å². The summed E-state index contributed by atoms with van der Waals surface area (Å²) in [6.07, 6.45) is 3.92. The number of aryl methyl sites for hydroxylation is 2. The fraction of sp³-hybridized carbons (Fsp3) is 0.625. The predicted molar refractivity (Wildman–Crippen MR) is 78.1 cm³/mol. The van der Waals surface area contributed by atoms with Crippen molar-refractivity contribution in [2.75, 3.05) is 26.7 Å². The Morgan fingerprint density at radius 2 is 2.00 bits per heavy atom. The maximum atomic E-state index is 3.56. The highest BCUT2D eigenvalue weighted by atomic mass is 15.1. The Bertz CT molecular complexity index is 383. The lowest BCUT2D eigenvalue weighted by molar-refractivity contribution is 0.335. The van der Waals surface area contributed by atoms with Crippen molar-refractivity contribution in [1.82, 2.24) is 10.2 Å². The van der Waals surface area contributed by atoms with Gasteiger partial charge in [-0.25, -0.2) is 0 Å². The molecular formula is C16H26N2. The van der Waals surface area contributed by atoms with Crippen molar-refractivity contribution in [3.8, 4) is 0 Å². The number of hydrogen-bond acceptors (Lipinski definition) is 2. The molecule has 1 aliphatic carbocycles. The zero-order chi connectivity index (χ0) is 13.0. The summed E-state index contributed by atoms with van der Waals surface area (Å²) in [6, 6.07) is 7.59. The molecule has 0 spiro atoms. The van der Waals surface area contributed by atoms with Crippen molar-refractivity contribution < 1.29 is 0 Å². The number of nitrogens with one attached hydrogen (secondary N) is 1. The second-order valence-corrected chi connectivity index (χ2v) is 5.71. The summed E-state index contributed by atoms with van der Waals surface area (Å²) < 4.78 is 0. The fourth-order valence-electron chi connectivity index (χ4n) is 2.24. The van der Waals surface area contributed by atoms with Crippen molar-refractivity contribution >= 4 is 0 Å². The van der Waals surface area contributed by atoms with E-state index in [0.717, 1.165) is 32.1 Å². The molecule has 0 heterocycles. The van der Waals surface area contributed by atoms with Crippen molar-refractivity contribution in [2.24, 2.45) is 0 Å². The minimum absolute atomic E-state index is 0.831. The van der Waals surface area contributed by atoms with E-state index in [9.17, 15) is 0 Å². The lowest BCUT2D eigenvalue weighted by Crippen LogP contribution is -2.31. The van der Waals surface area contributed by atoms with E-state index in [0.29, 0.717) is 0 Å². The average molecular weight is 246 g/mol. The van der Waals surface area contributed by atoms with Gasteiger partial charge >= 0.3 is 0 Å². The van der Waals surface area contributed by atoms with E-state index in [1.165, 1.54) is 29.5 Å². The number of benzene rings is 1. The van der Waals surface area contributed by atoms with Crippen molar-refractivity contribution in [1.29, 1.82) is 0 Å². The third kappa shape index (κ3) is 4.43. The Labute approximate surface area is 111 Å². The average Bonchev–Trinajstić information content (AvgIpc) is 3.14. The summed E-state index contributed by atoms with van der Waals surface area (Å²) in [4.78, 5) is 2.43. The van der Waals surface area contributed by atoms with Crippen LogP contribution in [-0.2, 0) is 6.42 Å². The number of nitrogens with zero attached hydrogens (tertiary/aromatic N) is 1. The molecule has 0 radical (unpaired) electrons. The molecule has 2 rings (SSSR count). The zero-order valence-electron chi connectivity index (χ0n) is 12.0.